The smallest absolute Gasteiger partial charge is 0.305 e. The number of nitrogens with one attached hydrogen (secondary N) is 1. The van der Waals surface area contributed by atoms with Gasteiger partial charge in [-0.3, -0.25) is 9.59 Å². The second-order valence-corrected chi connectivity index (χ2v) is 7.80. The van der Waals surface area contributed by atoms with Gasteiger partial charge in [-0.1, -0.05) is 35.5 Å². The third-order valence-electron chi connectivity index (χ3n) is 3.99. The molecule has 156 valence electrons. The lowest BCUT2D eigenvalue weighted by Gasteiger charge is -2.11. The summed E-state index contributed by atoms with van der Waals surface area (Å²) in [6, 6.07) is 12.6. The van der Waals surface area contributed by atoms with Crippen molar-refractivity contribution in [2.75, 3.05) is 7.11 Å². The molecule has 2 N–H and O–H groups in total. The minimum Gasteiger partial charge on any atom is -0.493 e. The molecule has 30 heavy (non-hydrogen) atoms. The van der Waals surface area contributed by atoms with Gasteiger partial charge >= 0.3 is 5.97 Å². The molecule has 2 aromatic rings. The molecule has 1 atom stereocenters. The zero-order valence-electron chi connectivity index (χ0n) is 15.9. The highest BCUT2D eigenvalue weighted by molar-refractivity contribution is 8.15. The van der Waals surface area contributed by atoms with Crippen molar-refractivity contribution in [3.63, 3.8) is 0 Å². The van der Waals surface area contributed by atoms with E-state index in [0.29, 0.717) is 28.7 Å². The van der Waals surface area contributed by atoms with Gasteiger partial charge in [0.25, 0.3) is 0 Å². The lowest BCUT2D eigenvalue weighted by atomic mass is 10.2. The summed E-state index contributed by atoms with van der Waals surface area (Å²) < 4.78 is 11.2. The number of ether oxygens (including phenoxy) is 2. The summed E-state index contributed by atoms with van der Waals surface area (Å²) in [6.45, 7) is 0.337. The summed E-state index contributed by atoms with van der Waals surface area (Å²) in [5, 5.41) is 19.4. The van der Waals surface area contributed by atoms with Gasteiger partial charge in [0.15, 0.2) is 16.7 Å². The molecule has 1 aliphatic heterocycles. The van der Waals surface area contributed by atoms with E-state index in [1.807, 2.05) is 12.1 Å². The molecular formula is C20H18ClN3O5S. The van der Waals surface area contributed by atoms with Crippen LogP contribution in [0.15, 0.2) is 52.7 Å². The number of amidine groups is 1. The molecule has 1 heterocycles. The van der Waals surface area contributed by atoms with E-state index in [9.17, 15) is 9.59 Å². The van der Waals surface area contributed by atoms with Crippen LogP contribution in [0, 0.1) is 0 Å². The van der Waals surface area contributed by atoms with Crippen LogP contribution in [0.25, 0.3) is 0 Å². The first-order valence-corrected chi connectivity index (χ1v) is 10.1. The summed E-state index contributed by atoms with van der Waals surface area (Å²) in [7, 11) is 1.55. The quantitative estimate of drug-likeness (QED) is 0.474. The predicted molar refractivity (Wildman–Crippen MR) is 116 cm³/mol. The molecule has 0 bridgehead atoms. The van der Waals surface area contributed by atoms with E-state index >= 15 is 0 Å². The Morgan fingerprint density at radius 1 is 1.27 bits per heavy atom. The van der Waals surface area contributed by atoms with Crippen molar-refractivity contribution in [1.29, 1.82) is 0 Å². The van der Waals surface area contributed by atoms with Gasteiger partial charge in [0, 0.05) is 5.02 Å². The zero-order valence-corrected chi connectivity index (χ0v) is 17.4. The summed E-state index contributed by atoms with van der Waals surface area (Å²) in [5.41, 5.74) is 1.67. The van der Waals surface area contributed by atoms with Gasteiger partial charge in [-0.05, 0) is 41.5 Å². The Balaban J connectivity index is 1.66. The molecule has 8 nitrogen and oxygen atoms in total. The lowest BCUT2D eigenvalue weighted by Crippen LogP contribution is -2.26. The van der Waals surface area contributed by atoms with Gasteiger partial charge in [0.1, 0.15) is 11.9 Å². The number of nitrogens with zero attached hydrogens (tertiary/aromatic N) is 2. The minimum absolute atomic E-state index is 0.259. The SMILES string of the molecule is COc1ccc(/C=N/N=C2/NC(=O)C(CC(=O)O)S2)cc1OCc1ccc(Cl)cc1. The molecule has 1 aliphatic rings. The summed E-state index contributed by atoms with van der Waals surface area (Å²) in [6.07, 6.45) is 1.23. The first-order chi connectivity index (χ1) is 14.4. The number of benzene rings is 2. The largest absolute Gasteiger partial charge is 0.493 e. The molecule has 0 aliphatic carbocycles. The van der Waals surface area contributed by atoms with Crippen molar-refractivity contribution in [1.82, 2.24) is 5.32 Å². The number of rotatable bonds is 8. The Morgan fingerprint density at radius 2 is 2.03 bits per heavy atom. The predicted octanol–water partition coefficient (Wildman–Crippen LogP) is 3.32. The van der Waals surface area contributed by atoms with Crippen LogP contribution >= 0.6 is 23.4 Å². The van der Waals surface area contributed by atoms with Crippen LogP contribution in [-0.4, -0.2) is 40.7 Å². The van der Waals surface area contributed by atoms with Gasteiger partial charge < -0.3 is 19.9 Å². The number of hydrogen-bond acceptors (Lipinski definition) is 7. The molecule has 1 unspecified atom stereocenters. The summed E-state index contributed by atoms with van der Waals surface area (Å²) in [4.78, 5) is 22.5. The van der Waals surface area contributed by atoms with Crippen molar-refractivity contribution in [2.45, 2.75) is 18.3 Å². The van der Waals surface area contributed by atoms with Gasteiger partial charge in [-0.2, -0.15) is 5.10 Å². The second-order valence-electron chi connectivity index (χ2n) is 6.17. The molecular weight excluding hydrogens is 430 g/mol. The van der Waals surface area contributed by atoms with Crippen molar-refractivity contribution >= 4 is 46.6 Å². The maximum absolute atomic E-state index is 11.7. The first-order valence-electron chi connectivity index (χ1n) is 8.80. The van der Waals surface area contributed by atoms with Crippen molar-refractivity contribution < 1.29 is 24.2 Å². The van der Waals surface area contributed by atoms with Crippen molar-refractivity contribution in [2.24, 2.45) is 10.2 Å². The Morgan fingerprint density at radius 3 is 2.73 bits per heavy atom. The van der Waals surface area contributed by atoms with Crippen LogP contribution in [0.1, 0.15) is 17.5 Å². The Bertz CT molecular complexity index is 994. The topological polar surface area (TPSA) is 110 Å². The van der Waals surface area contributed by atoms with Crippen LogP contribution in [-0.2, 0) is 16.2 Å². The number of carbonyl (C=O) groups excluding carboxylic acids is 1. The first kappa shape index (κ1) is 21.7. The average molecular weight is 448 g/mol. The number of amides is 1. The Hall–Kier alpha value is -3.04. The highest BCUT2D eigenvalue weighted by Crippen LogP contribution is 2.28. The van der Waals surface area contributed by atoms with Crippen LogP contribution in [0.5, 0.6) is 11.5 Å². The maximum atomic E-state index is 11.7. The fourth-order valence-corrected chi connectivity index (χ4v) is 3.56. The van der Waals surface area contributed by atoms with E-state index in [-0.39, 0.29) is 11.6 Å². The molecule has 0 aromatic heterocycles. The molecule has 1 fully saturated rings. The van der Waals surface area contributed by atoms with Gasteiger partial charge in [0.2, 0.25) is 5.91 Å². The fraction of sp³-hybridized carbons (Fsp3) is 0.200. The Labute approximate surface area is 181 Å². The summed E-state index contributed by atoms with van der Waals surface area (Å²) in [5.74, 6) is -0.327. The number of carbonyl (C=O) groups is 2. The van der Waals surface area contributed by atoms with Crippen LogP contribution < -0.4 is 14.8 Å². The molecule has 0 radical (unpaired) electrons. The lowest BCUT2D eigenvalue weighted by molar-refractivity contribution is -0.138. The van der Waals surface area contributed by atoms with E-state index < -0.39 is 17.1 Å². The Kier molecular flexibility index (Phi) is 7.31. The highest BCUT2D eigenvalue weighted by atomic mass is 35.5. The van der Waals surface area contributed by atoms with E-state index in [2.05, 4.69) is 15.5 Å². The van der Waals surface area contributed by atoms with Crippen LogP contribution in [0.2, 0.25) is 5.02 Å². The zero-order chi connectivity index (χ0) is 21.5. The van der Waals surface area contributed by atoms with E-state index in [1.165, 1.54) is 6.21 Å². The number of thioether (sulfide) groups is 1. The fourth-order valence-electron chi connectivity index (χ4n) is 2.52. The van der Waals surface area contributed by atoms with Gasteiger partial charge in [-0.25, -0.2) is 0 Å². The normalized spacial score (nSPS) is 17.3. The van der Waals surface area contributed by atoms with E-state index in [1.54, 1.807) is 37.4 Å². The number of carboxylic acids is 1. The molecule has 3 rings (SSSR count). The molecule has 10 heteroatoms. The monoisotopic (exact) mass is 447 g/mol. The third-order valence-corrected chi connectivity index (χ3v) is 5.31. The molecule has 0 saturated carbocycles. The van der Waals surface area contributed by atoms with E-state index in [0.717, 1.165) is 17.3 Å². The standard InChI is InChI=1S/C20H18ClN3O5S/c1-28-15-7-4-13(8-16(15)29-11-12-2-5-14(21)6-3-12)10-22-24-20-23-19(27)17(30-20)9-18(25)26/h2-8,10,17H,9,11H2,1H3,(H,25,26)(H,23,24,27)/b22-10+. The molecule has 1 amide bonds. The second kappa shape index (κ2) is 10.1. The van der Waals surface area contributed by atoms with Gasteiger partial charge in [-0.15, -0.1) is 5.10 Å². The van der Waals surface area contributed by atoms with Crippen LogP contribution in [0.4, 0.5) is 0 Å². The molecule has 1 saturated heterocycles. The number of hydrogen-bond donors (Lipinski definition) is 2. The number of aliphatic carboxylic acids is 1. The summed E-state index contributed by atoms with van der Waals surface area (Å²) >= 11 is 6.93. The van der Waals surface area contributed by atoms with E-state index in [4.69, 9.17) is 26.2 Å². The van der Waals surface area contributed by atoms with Crippen molar-refractivity contribution in [3.05, 3.63) is 58.6 Å². The third kappa shape index (κ3) is 5.98. The van der Waals surface area contributed by atoms with Crippen molar-refractivity contribution in [3.8, 4) is 11.5 Å². The maximum Gasteiger partial charge on any atom is 0.305 e. The number of methoxy groups -OCH3 is 1. The molecule has 2 aromatic carbocycles. The highest BCUT2D eigenvalue weighted by Gasteiger charge is 2.32. The van der Waals surface area contributed by atoms with Gasteiger partial charge in [0.05, 0.1) is 19.7 Å². The molecule has 0 spiro atoms. The minimum atomic E-state index is -1.04. The number of halogens is 1. The number of carboxylic acid groups (broad SMARTS) is 1. The van der Waals surface area contributed by atoms with Crippen LogP contribution in [0.3, 0.4) is 0 Å². The average Bonchev–Trinajstić information content (AvgIpc) is 3.06.